The number of halogens is 2. The van der Waals surface area contributed by atoms with Gasteiger partial charge in [-0.1, -0.05) is 60.7 Å². The zero-order chi connectivity index (χ0) is 14.0. The van der Waals surface area contributed by atoms with Crippen molar-refractivity contribution < 1.29 is 35.9 Å². The largest absolute Gasteiger partial charge is 1.00 e. The highest BCUT2D eigenvalue weighted by Gasteiger charge is 2.12. The van der Waals surface area contributed by atoms with Gasteiger partial charge in [-0.25, -0.2) is 0 Å². The van der Waals surface area contributed by atoms with E-state index in [0.29, 0.717) is 5.92 Å². The summed E-state index contributed by atoms with van der Waals surface area (Å²) in [4.78, 5) is 0. The molecular formula is C18H26Cl2N2. The van der Waals surface area contributed by atoms with Crippen molar-refractivity contribution in [3.63, 3.8) is 0 Å². The molecule has 0 aromatic heterocycles. The molecular weight excluding hydrogens is 315 g/mol. The van der Waals surface area contributed by atoms with E-state index >= 15 is 0 Å². The number of rotatable bonds is 8. The maximum absolute atomic E-state index is 4.09. The molecule has 2 aromatic rings. The number of hydrogen-bond donors (Lipinski definition) is 2. The molecule has 2 rings (SSSR count). The van der Waals surface area contributed by atoms with Crippen LogP contribution in [0.5, 0.6) is 0 Å². The van der Waals surface area contributed by atoms with E-state index in [4.69, 9.17) is 0 Å². The van der Waals surface area contributed by atoms with Crippen molar-refractivity contribution in [3.8, 4) is 0 Å². The van der Waals surface area contributed by atoms with Gasteiger partial charge in [-0.3, -0.25) is 0 Å². The Morgan fingerprint density at radius 1 is 0.864 bits per heavy atom. The topological polar surface area (TPSA) is 44.2 Å². The number of benzene rings is 2. The zero-order valence-corrected chi connectivity index (χ0v) is 14.4. The van der Waals surface area contributed by atoms with E-state index in [1.165, 1.54) is 30.5 Å². The molecule has 0 saturated heterocycles. The third kappa shape index (κ3) is 7.28. The van der Waals surface area contributed by atoms with Gasteiger partial charge in [0.2, 0.25) is 0 Å². The summed E-state index contributed by atoms with van der Waals surface area (Å²) in [6.07, 6.45) is 2.42. The second-order valence-electron chi connectivity index (χ2n) is 5.30. The van der Waals surface area contributed by atoms with Gasteiger partial charge >= 0.3 is 0 Å². The summed E-state index contributed by atoms with van der Waals surface area (Å²) >= 11 is 0. The highest BCUT2D eigenvalue weighted by atomic mass is 35.5. The summed E-state index contributed by atoms with van der Waals surface area (Å²) in [5.41, 5.74) is 6.95. The van der Waals surface area contributed by atoms with Gasteiger partial charge in [0.05, 0.1) is 25.6 Å². The lowest BCUT2D eigenvalue weighted by Gasteiger charge is -2.12. The van der Waals surface area contributed by atoms with Crippen LogP contribution in [0.25, 0.3) is 0 Å². The first kappa shape index (κ1) is 20.9. The average Bonchev–Trinajstić information content (AvgIpc) is 2.53. The summed E-state index contributed by atoms with van der Waals surface area (Å²) in [5, 5.41) is 2.44. The fraction of sp³-hybridized carbons (Fsp3) is 0.333. The molecule has 2 nitrogen and oxygen atoms in total. The molecule has 1 atom stereocenters. The molecule has 5 N–H and O–H groups in total. The smallest absolute Gasteiger partial charge is 0.0880 e. The van der Waals surface area contributed by atoms with Gasteiger partial charge in [-0.2, -0.15) is 0 Å². The third-order valence-electron chi connectivity index (χ3n) is 3.79. The van der Waals surface area contributed by atoms with E-state index in [9.17, 15) is 0 Å². The number of hydrogen-bond acceptors (Lipinski definition) is 0. The Bertz CT molecular complexity index is 477. The van der Waals surface area contributed by atoms with E-state index < -0.39 is 0 Å². The van der Waals surface area contributed by atoms with Crippen LogP contribution in [-0.2, 0) is 6.42 Å². The highest BCUT2D eigenvalue weighted by Crippen LogP contribution is 2.10. The molecule has 2 aromatic carbocycles. The predicted octanol–water partition coefficient (Wildman–Crippen LogP) is -4.78. The van der Waals surface area contributed by atoms with E-state index in [-0.39, 0.29) is 24.8 Å². The maximum atomic E-state index is 4.09. The molecule has 22 heavy (non-hydrogen) atoms. The van der Waals surface area contributed by atoms with Crippen LogP contribution in [0.1, 0.15) is 23.5 Å². The molecule has 0 saturated carbocycles. The van der Waals surface area contributed by atoms with Crippen molar-refractivity contribution in [3.05, 3.63) is 71.8 Å². The lowest BCUT2D eigenvalue weighted by atomic mass is 9.99. The SMILES string of the molecule is [Cl-].[Cl-].[NH3+]CC(C[NH2+]CCCc1ccccc1)c1ccccc1. The van der Waals surface area contributed by atoms with E-state index in [1.54, 1.807) is 0 Å². The normalized spacial score (nSPS) is 11.1. The lowest BCUT2D eigenvalue weighted by molar-refractivity contribution is -0.659. The van der Waals surface area contributed by atoms with Crippen molar-refractivity contribution in [2.45, 2.75) is 18.8 Å². The molecule has 0 bridgehead atoms. The van der Waals surface area contributed by atoms with Crippen molar-refractivity contribution in [1.82, 2.24) is 0 Å². The van der Waals surface area contributed by atoms with Crippen molar-refractivity contribution in [2.24, 2.45) is 0 Å². The second-order valence-corrected chi connectivity index (χ2v) is 5.30. The van der Waals surface area contributed by atoms with Crippen LogP contribution in [-0.4, -0.2) is 19.6 Å². The number of nitrogens with two attached hydrogens (primary N) is 1. The van der Waals surface area contributed by atoms with Crippen LogP contribution < -0.4 is 35.9 Å². The lowest BCUT2D eigenvalue weighted by Crippen LogP contribution is -3.00. The minimum atomic E-state index is 0. The minimum Gasteiger partial charge on any atom is -1.00 e. The summed E-state index contributed by atoms with van der Waals surface area (Å²) in [6, 6.07) is 21.5. The van der Waals surface area contributed by atoms with Crippen LogP contribution >= 0.6 is 0 Å². The van der Waals surface area contributed by atoms with Crippen LogP contribution in [0.4, 0.5) is 0 Å². The van der Waals surface area contributed by atoms with Crippen LogP contribution in [0.15, 0.2) is 60.7 Å². The quantitative estimate of drug-likeness (QED) is 0.453. The fourth-order valence-corrected chi connectivity index (χ4v) is 2.56. The molecule has 0 aliphatic carbocycles. The van der Waals surface area contributed by atoms with Gasteiger partial charge < -0.3 is 35.9 Å². The van der Waals surface area contributed by atoms with Gasteiger partial charge in [-0.15, -0.1) is 0 Å². The zero-order valence-electron chi connectivity index (χ0n) is 12.9. The summed E-state index contributed by atoms with van der Waals surface area (Å²) in [6.45, 7) is 3.31. The first-order valence-electron chi connectivity index (χ1n) is 7.60. The maximum Gasteiger partial charge on any atom is 0.0880 e. The van der Waals surface area contributed by atoms with E-state index in [2.05, 4.69) is 71.7 Å². The van der Waals surface area contributed by atoms with Crippen LogP contribution in [0.2, 0.25) is 0 Å². The highest BCUT2D eigenvalue weighted by molar-refractivity contribution is 5.19. The third-order valence-corrected chi connectivity index (χ3v) is 3.79. The Hall–Kier alpha value is -1.06. The number of quaternary nitrogens is 2. The monoisotopic (exact) mass is 340 g/mol. The molecule has 0 heterocycles. The molecule has 0 aliphatic heterocycles. The summed E-state index contributed by atoms with van der Waals surface area (Å²) < 4.78 is 0. The first-order valence-corrected chi connectivity index (χ1v) is 7.60. The Morgan fingerprint density at radius 3 is 2.05 bits per heavy atom. The summed E-state index contributed by atoms with van der Waals surface area (Å²) in [7, 11) is 0. The van der Waals surface area contributed by atoms with Crippen molar-refractivity contribution in [1.29, 1.82) is 0 Å². The molecule has 1 unspecified atom stereocenters. The molecule has 0 spiro atoms. The minimum absolute atomic E-state index is 0. The Kier molecular flexibility index (Phi) is 11.9. The number of aryl methyl sites for hydroxylation is 1. The van der Waals surface area contributed by atoms with Crippen LogP contribution in [0, 0.1) is 0 Å². The predicted molar refractivity (Wildman–Crippen MR) is 83.4 cm³/mol. The van der Waals surface area contributed by atoms with Gasteiger partial charge in [0.1, 0.15) is 0 Å². The summed E-state index contributed by atoms with van der Waals surface area (Å²) in [5.74, 6) is 0.577. The van der Waals surface area contributed by atoms with Gasteiger partial charge in [-0.05, 0) is 17.5 Å². The standard InChI is InChI=1S/C18H24N2.2ClH/c19-14-18(17-11-5-2-6-12-17)15-20-13-7-10-16-8-3-1-4-9-16;;/h1-6,8-9,11-12,18,20H,7,10,13-15,19H2;2*1H. The average molecular weight is 341 g/mol. The molecule has 122 valence electrons. The molecule has 0 aliphatic rings. The Balaban J connectivity index is 0.00000220. The fourth-order valence-electron chi connectivity index (χ4n) is 2.56. The second kappa shape index (κ2) is 12.5. The molecule has 0 fully saturated rings. The van der Waals surface area contributed by atoms with Crippen LogP contribution in [0.3, 0.4) is 0 Å². The van der Waals surface area contributed by atoms with Gasteiger partial charge in [0.15, 0.2) is 0 Å². The Morgan fingerprint density at radius 2 is 1.45 bits per heavy atom. The molecule has 0 radical (unpaired) electrons. The van der Waals surface area contributed by atoms with E-state index in [1.807, 2.05) is 0 Å². The van der Waals surface area contributed by atoms with Crippen molar-refractivity contribution in [2.75, 3.05) is 19.6 Å². The molecule has 4 heteroatoms. The van der Waals surface area contributed by atoms with Gasteiger partial charge in [0, 0.05) is 6.42 Å². The Labute approximate surface area is 146 Å². The van der Waals surface area contributed by atoms with Gasteiger partial charge in [0.25, 0.3) is 0 Å². The van der Waals surface area contributed by atoms with E-state index in [0.717, 1.165) is 13.1 Å². The first-order chi connectivity index (χ1) is 9.90. The van der Waals surface area contributed by atoms with Crippen molar-refractivity contribution >= 4 is 0 Å². The molecule has 0 amide bonds.